The van der Waals surface area contributed by atoms with Crippen molar-refractivity contribution in [3.8, 4) is 0 Å². The number of rotatable bonds is 4. The van der Waals surface area contributed by atoms with Crippen molar-refractivity contribution in [1.82, 2.24) is 19.4 Å². The van der Waals surface area contributed by atoms with E-state index < -0.39 is 0 Å². The molecular formula is C13H20ClN5O. The lowest BCUT2D eigenvalue weighted by Crippen LogP contribution is -2.45. The first-order valence-corrected chi connectivity index (χ1v) is 7.61. The molecule has 0 aliphatic carbocycles. The maximum atomic E-state index is 5.94. The summed E-state index contributed by atoms with van der Waals surface area (Å²) in [5, 5.41) is 6.85. The minimum Gasteiger partial charge on any atom is -0.378 e. The van der Waals surface area contributed by atoms with E-state index in [1.165, 1.54) is 0 Å². The molecule has 0 spiro atoms. The van der Waals surface area contributed by atoms with Crippen LogP contribution < -0.4 is 5.01 Å². The van der Waals surface area contributed by atoms with E-state index in [0.29, 0.717) is 5.88 Å². The molecule has 3 heterocycles. The van der Waals surface area contributed by atoms with Crippen LogP contribution in [0.25, 0.3) is 11.2 Å². The number of halogens is 1. The average molecular weight is 298 g/mol. The van der Waals surface area contributed by atoms with E-state index in [-0.39, 0.29) is 0 Å². The largest absolute Gasteiger partial charge is 0.378 e. The maximum absolute atomic E-state index is 5.94. The summed E-state index contributed by atoms with van der Waals surface area (Å²) in [6.07, 6.45) is 1.65. The second-order valence-corrected chi connectivity index (χ2v) is 5.32. The predicted molar refractivity (Wildman–Crippen MR) is 79.1 cm³/mol. The number of alkyl halides is 1. The first-order valence-electron chi connectivity index (χ1n) is 7.08. The van der Waals surface area contributed by atoms with Crippen molar-refractivity contribution in [2.45, 2.75) is 19.8 Å². The van der Waals surface area contributed by atoms with Crippen molar-refractivity contribution in [2.75, 3.05) is 37.2 Å². The van der Waals surface area contributed by atoms with Crippen molar-refractivity contribution in [1.29, 1.82) is 0 Å². The molecule has 0 saturated carbocycles. The predicted octanol–water partition coefficient (Wildman–Crippen LogP) is 1.08. The van der Waals surface area contributed by atoms with Crippen molar-refractivity contribution < 1.29 is 4.74 Å². The number of aryl methyl sites for hydroxylation is 3. The molecule has 1 aliphatic rings. The molecule has 0 radical (unpaired) electrons. The van der Waals surface area contributed by atoms with Crippen LogP contribution in [0, 0.1) is 0 Å². The van der Waals surface area contributed by atoms with E-state index in [0.717, 1.165) is 61.8 Å². The van der Waals surface area contributed by atoms with Gasteiger partial charge in [-0.15, -0.1) is 11.6 Å². The summed E-state index contributed by atoms with van der Waals surface area (Å²) < 4.78 is 9.55. The highest BCUT2D eigenvalue weighted by molar-refractivity contribution is 6.17. The van der Waals surface area contributed by atoms with Gasteiger partial charge < -0.3 is 9.75 Å². The van der Waals surface area contributed by atoms with Gasteiger partial charge in [-0.3, -0.25) is 0 Å². The van der Waals surface area contributed by atoms with Gasteiger partial charge in [0.25, 0.3) is 0 Å². The number of hydrogen-bond donors (Lipinski definition) is 0. The number of morpholine rings is 1. The van der Waals surface area contributed by atoms with Gasteiger partial charge in [-0.1, -0.05) is 6.92 Å². The third kappa shape index (κ3) is 2.16. The SMILES string of the molecule is CCc1nn(C)c2c1nc(CCCl)n2N1CCOCC1. The van der Waals surface area contributed by atoms with E-state index in [9.17, 15) is 0 Å². The Hall–Kier alpha value is -1.27. The average Bonchev–Trinajstić information content (AvgIpc) is 2.98. The first-order chi connectivity index (χ1) is 9.76. The van der Waals surface area contributed by atoms with Gasteiger partial charge >= 0.3 is 0 Å². The summed E-state index contributed by atoms with van der Waals surface area (Å²) in [6, 6.07) is 0. The molecule has 3 rings (SSSR count). The van der Waals surface area contributed by atoms with Crippen molar-refractivity contribution in [3.63, 3.8) is 0 Å². The zero-order chi connectivity index (χ0) is 14.1. The Morgan fingerprint density at radius 2 is 2.05 bits per heavy atom. The number of nitrogens with zero attached hydrogens (tertiary/aromatic N) is 5. The van der Waals surface area contributed by atoms with Crippen LogP contribution in [0.4, 0.5) is 0 Å². The molecule has 20 heavy (non-hydrogen) atoms. The van der Waals surface area contributed by atoms with Gasteiger partial charge in [0.1, 0.15) is 11.3 Å². The van der Waals surface area contributed by atoms with Gasteiger partial charge in [-0.2, -0.15) is 5.10 Å². The Kier molecular flexibility index (Phi) is 3.85. The van der Waals surface area contributed by atoms with Crippen LogP contribution in [0.3, 0.4) is 0 Å². The van der Waals surface area contributed by atoms with Crippen LogP contribution in [-0.2, 0) is 24.6 Å². The van der Waals surface area contributed by atoms with Crippen LogP contribution in [0.5, 0.6) is 0 Å². The van der Waals surface area contributed by atoms with Crippen LogP contribution in [0.2, 0.25) is 0 Å². The topological polar surface area (TPSA) is 48.1 Å². The van der Waals surface area contributed by atoms with Gasteiger partial charge in [0, 0.05) is 19.3 Å². The second-order valence-electron chi connectivity index (χ2n) is 4.94. The standard InChI is InChI=1S/C13H20ClN5O/c1-3-10-12-13(17(2)16-10)19(11(15-12)4-5-14)18-6-8-20-9-7-18/h3-9H2,1-2H3. The van der Waals surface area contributed by atoms with Gasteiger partial charge in [0.2, 0.25) is 0 Å². The highest BCUT2D eigenvalue weighted by Gasteiger charge is 2.23. The van der Waals surface area contributed by atoms with E-state index >= 15 is 0 Å². The first kappa shape index (κ1) is 13.7. The fraction of sp³-hybridized carbons (Fsp3) is 0.692. The van der Waals surface area contributed by atoms with Crippen LogP contribution in [-0.4, -0.2) is 51.6 Å². The number of ether oxygens (including phenoxy) is 1. The Balaban J connectivity index is 2.14. The molecule has 0 aromatic carbocycles. The minimum absolute atomic E-state index is 0.572. The summed E-state index contributed by atoms with van der Waals surface area (Å²) in [5.74, 6) is 1.59. The third-order valence-corrected chi connectivity index (χ3v) is 3.86. The lowest BCUT2D eigenvalue weighted by molar-refractivity contribution is 0.111. The van der Waals surface area contributed by atoms with Gasteiger partial charge in [-0.05, 0) is 6.42 Å². The normalized spacial score (nSPS) is 16.2. The smallest absolute Gasteiger partial charge is 0.177 e. The number of hydrogen-bond acceptors (Lipinski definition) is 4. The molecule has 2 aromatic rings. The van der Waals surface area contributed by atoms with Gasteiger partial charge in [0.05, 0.1) is 32.0 Å². The Morgan fingerprint density at radius 1 is 1.30 bits per heavy atom. The zero-order valence-electron chi connectivity index (χ0n) is 12.0. The summed E-state index contributed by atoms with van der Waals surface area (Å²) in [7, 11) is 1.98. The number of aromatic nitrogens is 4. The molecule has 6 nitrogen and oxygen atoms in total. The van der Waals surface area contributed by atoms with Crippen molar-refractivity contribution >= 4 is 22.8 Å². The summed E-state index contributed by atoms with van der Waals surface area (Å²) in [5.41, 5.74) is 3.11. The number of fused-ring (bicyclic) bond motifs is 1. The van der Waals surface area contributed by atoms with Crippen LogP contribution >= 0.6 is 11.6 Å². The molecule has 2 aromatic heterocycles. The Bertz CT molecular complexity index is 599. The summed E-state index contributed by atoms with van der Waals surface area (Å²) >= 11 is 5.94. The Morgan fingerprint density at radius 3 is 2.70 bits per heavy atom. The lowest BCUT2D eigenvalue weighted by atomic mass is 10.3. The molecule has 1 saturated heterocycles. The van der Waals surface area contributed by atoms with E-state index in [4.69, 9.17) is 21.3 Å². The molecule has 0 atom stereocenters. The fourth-order valence-electron chi connectivity index (χ4n) is 2.74. The highest BCUT2D eigenvalue weighted by Crippen LogP contribution is 2.21. The molecular weight excluding hydrogens is 278 g/mol. The van der Waals surface area contributed by atoms with Crippen molar-refractivity contribution in [3.05, 3.63) is 11.5 Å². The van der Waals surface area contributed by atoms with E-state index in [1.807, 2.05) is 11.7 Å². The molecule has 0 amide bonds. The van der Waals surface area contributed by atoms with Crippen LogP contribution in [0.1, 0.15) is 18.4 Å². The second kappa shape index (κ2) is 5.61. The highest BCUT2D eigenvalue weighted by atomic mass is 35.5. The van der Waals surface area contributed by atoms with Gasteiger partial charge in [-0.25, -0.2) is 14.3 Å². The lowest BCUT2D eigenvalue weighted by Gasteiger charge is -2.31. The third-order valence-electron chi connectivity index (χ3n) is 3.67. The molecule has 1 aliphatic heterocycles. The Labute approximate surface area is 123 Å². The maximum Gasteiger partial charge on any atom is 0.177 e. The molecule has 110 valence electrons. The molecule has 1 fully saturated rings. The summed E-state index contributed by atoms with van der Waals surface area (Å²) in [6.45, 7) is 5.34. The van der Waals surface area contributed by atoms with E-state index in [2.05, 4.69) is 21.7 Å². The minimum atomic E-state index is 0.572. The quantitative estimate of drug-likeness (QED) is 0.793. The van der Waals surface area contributed by atoms with Gasteiger partial charge in [0.15, 0.2) is 5.65 Å². The summed E-state index contributed by atoms with van der Waals surface area (Å²) in [4.78, 5) is 4.78. The van der Waals surface area contributed by atoms with E-state index in [1.54, 1.807) is 0 Å². The van der Waals surface area contributed by atoms with Crippen molar-refractivity contribution in [2.24, 2.45) is 7.05 Å². The molecule has 7 heteroatoms. The van der Waals surface area contributed by atoms with Crippen LogP contribution in [0.15, 0.2) is 0 Å². The molecule has 0 unspecified atom stereocenters. The fourth-order valence-corrected chi connectivity index (χ4v) is 2.91. The zero-order valence-corrected chi connectivity index (χ0v) is 12.7. The monoisotopic (exact) mass is 297 g/mol. The molecule has 0 N–H and O–H groups in total. The molecule has 0 bridgehead atoms. The number of imidazole rings is 1.